The molecule has 0 unspecified atom stereocenters. The molecule has 5 nitrogen and oxygen atoms in total. The van der Waals surface area contributed by atoms with E-state index in [-0.39, 0.29) is 13.1 Å². The fraction of sp³-hybridized carbons (Fsp3) is 0.556. The van der Waals surface area contributed by atoms with Gasteiger partial charge in [-0.15, -0.1) is 0 Å². The Morgan fingerprint density at radius 3 is 1.91 bits per heavy atom. The summed E-state index contributed by atoms with van der Waals surface area (Å²) in [5, 5.41) is 0. The van der Waals surface area contributed by atoms with Gasteiger partial charge in [0.1, 0.15) is 17.7 Å². The van der Waals surface area contributed by atoms with Gasteiger partial charge < -0.3 is 9.47 Å². The molecule has 0 spiro atoms. The highest BCUT2D eigenvalue weighted by atomic mass is 16.6. The lowest BCUT2D eigenvalue weighted by Gasteiger charge is -2.28. The molecule has 1 aromatic rings. The molecule has 23 heavy (non-hydrogen) atoms. The largest absolute Gasteiger partial charge is 0.459 e. The summed E-state index contributed by atoms with van der Waals surface area (Å²) < 4.78 is 10.7. The molecule has 0 aromatic heterocycles. The van der Waals surface area contributed by atoms with Gasteiger partial charge in [0.2, 0.25) is 0 Å². The Bertz CT molecular complexity index is 526. The lowest BCUT2D eigenvalue weighted by Crippen LogP contribution is -2.41. The van der Waals surface area contributed by atoms with Crippen molar-refractivity contribution in [3.8, 4) is 0 Å². The highest BCUT2D eigenvalue weighted by Crippen LogP contribution is 2.14. The third-order valence-electron chi connectivity index (χ3n) is 2.61. The van der Waals surface area contributed by atoms with Gasteiger partial charge in [0.05, 0.1) is 0 Å². The van der Waals surface area contributed by atoms with Gasteiger partial charge >= 0.3 is 12.1 Å². The molecule has 0 aliphatic rings. The predicted octanol–water partition coefficient (Wildman–Crippen LogP) is 3.77. The minimum absolute atomic E-state index is 0.152. The molecule has 0 saturated heterocycles. The zero-order valence-corrected chi connectivity index (χ0v) is 14.9. The van der Waals surface area contributed by atoms with Crippen LogP contribution in [-0.2, 0) is 20.8 Å². The quantitative estimate of drug-likeness (QED) is 0.792. The van der Waals surface area contributed by atoms with Gasteiger partial charge in [-0.3, -0.25) is 9.69 Å². The maximum atomic E-state index is 12.4. The number of carbonyl (C=O) groups is 2. The van der Waals surface area contributed by atoms with Crippen LogP contribution in [0.1, 0.15) is 47.1 Å². The van der Waals surface area contributed by atoms with Gasteiger partial charge in [-0.05, 0) is 47.1 Å². The molecule has 5 heteroatoms. The summed E-state index contributed by atoms with van der Waals surface area (Å²) in [5.74, 6) is -0.459. The molecule has 1 rings (SSSR count). The monoisotopic (exact) mass is 321 g/mol. The summed E-state index contributed by atoms with van der Waals surface area (Å²) in [6, 6.07) is 9.46. The van der Waals surface area contributed by atoms with Crippen LogP contribution >= 0.6 is 0 Å². The van der Waals surface area contributed by atoms with E-state index in [0.717, 1.165) is 5.56 Å². The fourth-order valence-corrected chi connectivity index (χ4v) is 1.84. The second-order valence-electron chi connectivity index (χ2n) is 7.41. The molecule has 0 N–H and O–H groups in total. The zero-order valence-electron chi connectivity index (χ0n) is 14.9. The summed E-state index contributed by atoms with van der Waals surface area (Å²) in [6.45, 7) is 10.9. The van der Waals surface area contributed by atoms with E-state index < -0.39 is 23.3 Å². The Morgan fingerprint density at radius 2 is 1.43 bits per heavy atom. The molecular formula is C18H27NO4. The SMILES string of the molecule is CC(C)(C)OC(=O)CN(Cc1ccccc1)C(=O)OC(C)(C)C. The van der Waals surface area contributed by atoms with E-state index in [4.69, 9.17) is 9.47 Å². The molecule has 128 valence electrons. The van der Waals surface area contributed by atoms with Gasteiger partial charge in [-0.1, -0.05) is 30.3 Å². The second kappa shape index (κ2) is 7.49. The van der Waals surface area contributed by atoms with Crippen LogP contribution in [0.25, 0.3) is 0 Å². The topological polar surface area (TPSA) is 55.8 Å². The maximum Gasteiger partial charge on any atom is 0.411 e. The van der Waals surface area contributed by atoms with E-state index in [2.05, 4.69) is 0 Å². The van der Waals surface area contributed by atoms with Crippen molar-refractivity contribution in [2.75, 3.05) is 6.54 Å². The average Bonchev–Trinajstić information content (AvgIpc) is 2.34. The van der Waals surface area contributed by atoms with Gasteiger partial charge in [0.25, 0.3) is 0 Å². The Labute approximate surface area is 138 Å². The van der Waals surface area contributed by atoms with E-state index in [0.29, 0.717) is 0 Å². The second-order valence-corrected chi connectivity index (χ2v) is 7.41. The van der Waals surface area contributed by atoms with Crippen LogP contribution in [0.15, 0.2) is 30.3 Å². The molecule has 0 radical (unpaired) electrons. The highest BCUT2D eigenvalue weighted by molar-refractivity contribution is 5.78. The first-order chi connectivity index (χ1) is 10.5. The number of esters is 1. The first kappa shape index (κ1) is 19.0. The molecule has 0 aliphatic heterocycles. The molecular weight excluding hydrogens is 294 g/mol. The van der Waals surface area contributed by atoms with Gasteiger partial charge in [-0.25, -0.2) is 4.79 Å². The fourth-order valence-electron chi connectivity index (χ4n) is 1.84. The van der Waals surface area contributed by atoms with Gasteiger partial charge in [0, 0.05) is 6.54 Å². The lowest BCUT2D eigenvalue weighted by molar-refractivity contribution is -0.156. The molecule has 0 saturated carbocycles. The third kappa shape index (κ3) is 8.24. The van der Waals surface area contributed by atoms with Crippen molar-refractivity contribution in [1.82, 2.24) is 4.90 Å². The first-order valence-electron chi connectivity index (χ1n) is 7.70. The van der Waals surface area contributed by atoms with Crippen LogP contribution < -0.4 is 0 Å². The summed E-state index contributed by atoms with van der Waals surface area (Å²) in [5.41, 5.74) is -0.300. The van der Waals surface area contributed by atoms with Gasteiger partial charge in [-0.2, -0.15) is 0 Å². The molecule has 0 aliphatic carbocycles. The van der Waals surface area contributed by atoms with Crippen LogP contribution in [0.3, 0.4) is 0 Å². The minimum Gasteiger partial charge on any atom is -0.459 e. The smallest absolute Gasteiger partial charge is 0.411 e. The van der Waals surface area contributed by atoms with Crippen LogP contribution in [-0.4, -0.2) is 34.7 Å². The Balaban J connectivity index is 2.83. The number of benzene rings is 1. The standard InChI is InChI=1S/C18H27NO4/c1-17(2,3)22-15(20)13-19(16(21)23-18(4,5)6)12-14-10-8-7-9-11-14/h7-11H,12-13H2,1-6H3. The lowest BCUT2D eigenvalue weighted by atomic mass is 10.2. The number of carbonyl (C=O) groups excluding carboxylic acids is 2. The Morgan fingerprint density at radius 1 is 0.913 bits per heavy atom. The number of rotatable bonds is 4. The molecule has 1 aromatic carbocycles. The summed E-state index contributed by atoms with van der Waals surface area (Å²) in [7, 11) is 0. The number of amides is 1. The normalized spacial score (nSPS) is 11.7. The maximum absolute atomic E-state index is 12.4. The van der Waals surface area contributed by atoms with Crippen molar-refractivity contribution in [3.05, 3.63) is 35.9 Å². The van der Waals surface area contributed by atoms with Crippen molar-refractivity contribution in [2.24, 2.45) is 0 Å². The van der Waals surface area contributed by atoms with E-state index >= 15 is 0 Å². The number of hydrogen-bond donors (Lipinski definition) is 0. The summed E-state index contributed by atoms with van der Waals surface area (Å²) in [6.07, 6.45) is -0.535. The molecule has 0 fully saturated rings. The van der Waals surface area contributed by atoms with Crippen molar-refractivity contribution < 1.29 is 19.1 Å². The molecule has 1 amide bonds. The summed E-state index contributed by atoms with van der Waals surface area (Å²) in [4.78, 5) is 25.8. The van der Waals surface area contributed by atoms with E-state index in [1.54, 1.807) is 41.5 Å². The average molecular weight is 321 g/mol. The van der Waals surface area contributed by atoms with Crippen LogP contribution in [0.2, 0.25) is 0 Å². The molecule has 0 atom stereocenters. The van der Waals surface area contributed by atoms with E-state index in [1.807, 2.05) is 30.3 Å². The van der Waals surface area contributed by atoms with E-state index in [1.165, 1.54) is 4.90 Å². The zero-order chi connectivity index (χ0) is 17.7. The number of nitrogens with zero attached hydrogens (tertiary/aromatic N) is 1. The van der Waals surface area contributed by atoms with Crippen molar-refractivity contribution >= 4 is 12.1 Å². The molecule has 0 bridgehead atoms. The van der Waals surface area contributed by atoms with Crippen molar-refractivity contribution in [2.45, 2.75) is 59.3 Å². The highest BCUT2D eigenvalue weighted by Gasteiger charge is 2.26. The third-order valence-corrected chi connectivity index (χ3v) is 2.61. The first-order valence-corrected chi connectivity index (χ1v) is 7.70. The van der Waals surface area contributed by atoms with Crippen LogP contribution in [0.5, 0.6) is 0 Å². The Kier molecular flexibility index (Phi) is 6.19. The van der Waals surface area contributed by atoms with Crippen molar-refractivity contribution in [1.29, 1.82) is 0 Å². The van der Waals surface area contributed by atoms with E-state index in [9.17, 15) is 9.59 Å². The van der Waals surface area contributed by atoms with Crippen LogP contribution in [0, 0.1) is 0 Å². The Hall–Kier alpha value is -2.04. The number of ether oxygens (including phenoxy) is 2. The van der Waals surface area contributed by atoms with Gasteiger partial charge in [0.15, 0.2) is 0 Å². The summed E-state index contributed by atoms with van der Waals surface area (Å²) >= 11 is 0. The van der Waals surface area contributed by atoms with Crippen molar-refractivity contribution in [3.63, 3.8) is 0 Å². The van der Waals surface area contributed by atoms with Crippen LogP contribution in [0.4, 0.5) is 4.79 Å². The molecule has 0 heterocycles. The predicted molar refractivity (Wildman–Crippen MR) is 88.9 cm³/mol. The number of hydrogen-bond acceptors (Lipinski definition) is 4. The minimum atomic E-state index is -0.625.